The molecule has 1 atom stereocenters. The van der Waals surface area contributed by atoms with Crippen LogP contribution >= 0.6 is 23.2 Å². The van der Waals surface area contributed by atoms with Crippen LogP contribution in [0.5, 0.6) is 0 Å². The van der Waals surface area contributed by atoms with Crippen LogP contribution in [0.3, 0.4) is 0 Å². The molecule has 0 aliphatic carbocycles. The highest BCUT2D eigenvalue weighted by atomic mass is 35.5. The van der Waals surface area contributed by atoms with Crippen molar-refractivity contribution < 1.29 is 18.3 Å². The van der Waals surface area contributed by atoms with E-state index in [0.717, 1.165) is 0 Å². The third-order valence-electron chi connectivity index (χ3n) is 2.72. The van der Waals surface area contributed by atoms with Crippen molar-refractivity contribution in [3.63, 3.8) is 0 Å². The van der Waals surface area contributed by atoms with Gasteiger partial charge in [0.05, 0.1) is 6.10 Å². The molecule has 7 heteroatoms. The number of hydrogen-bond donors (Lipinski definition) is 2. The van der Waals surface area contributed by atoms with Gasteiger partial charge in [0.15, 0.2) is 0 Å². The molecule has 0 fully saturated rings. The molecule has 0 radical (unpaired) electrons. The smallest absolute Gasteiger partial charge is 0.387 e. The molecule has 2 N–H and O–H groups in total. The van der Waals surface area contributed by atoms with Crippen LogP contribution < -0.4 is 5.32 Å². The summed E-state index contributed by atoms with van der Waals surface area (Å²) in [5, 5.41) is 13.7. The first-order valence-electron chi connectivity index (χ1n) is 6.20. The van der Waals surface area contributed by atoms with Crippen LogP contribution in [0, 0.1) is 0 Å². The molecule has 0 heterocycles. The Labute approximate surface area is 125 Å². The van der Waals surface area contributed by atoms with Crippen molar-refractivity contribution in [1.29, 1.82) is 0 Å². The second-order valence-corrected chi connectivity index (χ2v) is 5.30. The Kier molecular flexibility index (Phi) is 7.09. The molecule has 0 saturated heterocycles. The number of aliphatic hydroxyl groups is 1. The molecule has 20 heavy (non-hydrogen) atoms. The second kappa shape index (κ2) is 8.08. The fourth-order valence-corrected chi connectivity index (χ4v) is 2.12. The van der Waals surface area contributed by atoms with Crippen LogP contribution in [-0.2, 0) is 0 Å². The van der Waals surface area contributed by atoms with E-state index in [1.165, 1.54) is 0 Å². The third-order valence-corrected chi connectivity index (χ3v) is 3.30. The summed E-state index contributed by atoms with van der Waals surface area (Å²) in [6, 6.07) is 4.77. The predicted octanol–water partition coefficient (Wildman–Crippen LogP) is 4.35. The highest BCUT2D eigenvalue weighted by Gasteiger charge is 2.25. The van der Waals surface area contributed by atoms with Crippen molar-refractivity contribution in [2.75, 3.05) is 13.1 Å². The van der Waals surface area contributed by atoms with Crippen molar-refractivity contribution >= 4 is 23.2 Å². The molecule has 0 spiro atoms. The van der Waals surface area contributed by atoms with Gasteiger partial charge in [-0.1, -0.05) is 23.2 Å². The molecule has 114 valence electrons. The summed E-state index contributed by atoms with van der Waals surface area (Å²) >= 11 is 11.7. The Hall–Kier alpha value is -0.490. The zero-order valence-electron chi connectivity index (χ0n) is 10.7. The largest absolute Gasteiger partial charge is 0.389 e. The number of alkyl halides is 3. The normalized spacial score (nSPS) is 13.5. The van der Waals surface area contributed by atoms with Gasteiger partial charge >= 0.3 is 6.18 Å². The molecule has 0 amide bonds. The zero-order valence-corrected chi connectivity index (χ0v) is 12.2. The van der Waals surface area contributed by atoms with E-state index in [0.29, 0.717) is 28.6 Å². The number of unbranched alkanes of at least 4 members (excludes halogenated alkanes) is 1. The highest BCUT2D eigenvalue weighted by Crippen LogP contribution is 2.26. The van der Waals surface area contributed by atoms with Crippen molar-refractivity contribution in [2.45, 2.75) is 31.5 Å². The monoisotopic (exact) mass is 329 g/mol. The highest BCUT2D eigenvalue weighted by molar-refractivity contribution is 6.33. The van der Waals surface area contributed by atoms with E-state index in [1.807, 2.05) is 0 Å². The summed E-state index contributed by atoms with van der Waals surface area (Å²) in [6.45, 7) is 0.622. The fourth-order valence-electron chi connectivity index (χ4n) is 1.69. The molecule has 0 saturated carbocycles. The quantitative estimate of drug-likeness (QED) is 0.729. The predicted molar refractivity (Wildman–Crippen MR) is 74.2 cm³/mol. The van der Waals surface area contributed by atoms with Crippen LogP contribution in [0.1, 0.15) is 30.9 Å². The molecular formula is C13H16Cl2F3NO. The Morgan fingerprint density at radius 3 is 2.55 bits per heavy atom. The second-order valence-electron chi connectivity index (χ2n) is 4.46. The van der Waals surface area contributed by atoms with Crippen molar-refractivity contribution in [3.05, 3.63) is 33.8 Å². The van der Waals surface area contributed by atoms with Crippen LogP contribution in [0.4, 0.5) is 13.2 Å². The number of hydrogen-bond acceptors (Lipinski definition) is 2. The van der Waals surface area contributed by atoms with Crippen molar-refractivity contribution in [2.24, 2.45) is 0 Å². The molecular weight excluding hydrogens is 314 g/mol. The zero-order chi connectivity index (χ0) is 15.2. The van der Waals surface area contributed by atoms with Crippen molar-refractivity contribution in [1.82, 2.24) is 5.32 Å². The molecule has 0 aromatic heterocycles. The lowest BCUT2D eigenvalue weighted by molar-refractivity contribution is -0.135. The number of benzene rings is 1. The van der Waals surface area contributed by atoms with Gasteiger partial charge in [0.1, 0.15) is 0 Å². The minimum absolute atomic E-state index is 0.0739. The first kappa shape index (κ1) is 17.6. The lowest BCUT2D eigenvalue weighted by Gasteiger charge is -2.14. The van der Waals surface area contributed by atoms with Gasteiger partial charge in [-0.25, -0.2) is 0 Å². The third kappa shape index (κ3) is 6.79. The van der Waals surface area contributed by atoms with Gasteiger partial charge in [-0.3, -0.25) is 0 Å². The summed E-state index contributed by atoms with van der Waals surface area (Å²) < 4.78 is 35.7. The van der Waals surface area contributed by atoms with Crippen LogP contribution in [0.2, 0.25) is 10.0 Å². The number of aliphatic hydroxyl groups excluding tert-OH is 1. The van der Waals surface area contributed by atoms with E-state index in [1.54, 1.807) is 18.2 Å². The molecule has 0 aliphatic rings. The lowest BCUT2D eigenvalue weighted by atomic mass is 10.1. The van der Waals surface area contributed by atoms with Gasteiger partial charge in [-0.15, -0.1) is 0 Å². The van der Waals surface area contributed by atoms with Gasteiger partial charge in [-0.2, -0.15) is 13.2 Å². The minimum Gasteiger partial charge on any atom is -0.387 e. The van der Waals surface area contributed by atoms with E-state index >= 15 is 0 Å². The van der Waals surface area contributed by atoms with E-state index in [9.17, 15) is 18.3 Å². The standard InChI is InChI=1S/C13H16Cl2F3NO/c14-9-3-4-11(15)10(7-9)12(20)8-19-6-2-1-5-13(16,17)18/h3-4,7,12,19-20H,1-2,5-6,8H2. The minimum atomic E-state index is -4.10. The maximum Gasteiger partial charge on any atom is 0.389 e. The topological polar surface area (TPSA) is 32.3 Å². The summed E-state index contributed by atoms with van der Waals surface area (Å²) in [7, 11) is 0. The Morgan fingerprint density at radius 2 is 1.90 bits per heavy atom. The maximum atomic E-state index is 11.9. The van der Waals surface area contributed by atoms with Crippen molar-refractivity contribution in [3.8, 4) is 0 Å². The Balaban J connectivity index is 2.26. The summed E-state index contributed by atoms with van der Waals surface area (Å²) in [5.74, 6) is 0. The summed E-state index contributed by atoms with van der Waals surface area (Å²) in [5.41, 5.74) is 0.502. The fraction of sp³-hybridized carbons (Fsp3) is 0.538. The van der Waals surface area contributed by atoms with E-state index < -0.39 is 18.7 Å². The van der Waals surface area contributed by atoms with E-state index in [4.69, 9.17) is 23.2 Å². The summed E-state index contributed by atoms with van der Waals surface area (Å²) in [6.07, 6.45) is -5.26. The molecule has 0 bridgehead atoms. The number of halogens is 5. The maximum absolute atomic E-state index is 11.9. The van der Waals surface area contributed by atoms with Gasteiger partial charge in [0, 0.05) is 28.6 Å². The molecule has 2 nitrogen and oxygen atoms in total. The van der Waals surface area contributed by atoms with Crippen LogP contribution in [0.25, 0.3) is 0 Å². The molecule has 1 aromatic rings. The Morgan fingerprint density at radius 1 is 1.20 bits per heavy atom. The van der Waals surface area contributed by atoms with Gasteiger partial charge in [0.25, 0.3) is 0 Å². The molecule has 1 rings (SSSR count). The first-order chi connectivity index (χ1) is 9.29. The summed E-state index contributed by atoms with van der Waals surface area (Å²) in [4.78, 5) is 0. The average Bonchev–Trinajstić information content (AvgIpc) is 2.35. The lowest BCUT2D eigenvalue weighted by Crippen LogP contribution is -2.23. The van der Waals surface area contributed by atoms with Crippen LogP contribution in [-0.4, -0.2) is 24.4 Å². The molecule has 1 unspecified atom stereocenters. The van der Waals surface area contributed by atoms with E-state index in [-0.39, 0.29) is 13.0 Å². The SMILES string of the molecule is OC(CNCCCCC(F)(F)F)c1cc(Cl)ccc1Cl. The number of rotatable bonds is 7. The first-order valence-corrected chi connectivity index (χ1v) is 6.95. The van der Waals surface area contributed by atoms with Gasteiger partial charge in [0.2, 0.25) is 0 Å². The van der Waals surface area contributed by atoms with Gasteiger partial charge < -0.3 is 10.4 Å². The van der Waals surface area contributed by atoms with Crippen LogP contribution in [0.15, 0.2) is 18.2 Å². The number of nitrogens with one attached hydrogen (secondary N) is 1. The van der Waals surface area contributed by atoms with Gasteiger partial charge in [-0.05, 0) is 37.6 Å². The molecule has 0 aliphatic heterocycles. The van der Waals surface area contributed by atoms with E-state index in [2.05, 4.69) is 5.32 Å². The Bertz CT molecular complexity index is 427. The average molecular weight is 330 g/mol. The molecule has 1 aromatic carbocycles.